The van der Waals surface area contributed by atoms with E-state index in [9.17, 15) is 0 Å². The van der Waals surface area contributed by atoms with Gasteiger partial charge in [0.05, 0.1) is 5.84 Å². The van der Waals surface area contributed by atoms with Crippen LogP contribution < -0.4 is 0 Å². The zero-order chi connectivity index (χ0) is 9.97. The van der Waals surface area contributed by atoms with Gasteiger partial charge in [0.25, 0.3) is 0 Å². The summed E-state index contributed by atoms with van der Waals surface area (Å²) in [5.41, 5.74) is 1.30. The number of hydrogen-bond acceptors (Lipinski definition) is 1. The third kappa shape index (κ3) is 2.13. The Morgan fingerprint density at radius 3 is 2.50 bits per heavy atom. The van der Waals surface area contributed by atoms with Gasteiger partial charge in [-0.15, -0.1) is 0 Å². The summed E-state index contributed by atoms with van der Waals surface area (Å²) in [4.78, 5) is 2.19. The molecule has 1 aliphatic carbocycles. The summed E-state index contributed by atoms with van der Waals surface area (Å²) in [5.74, 6) is 0.691. The molecule has 2 rings (SSSR count). The van der Waals surface area contributed by atoms with Crippen LogP contribution >= 0.6 is 0 Å². The van der Waals surface area contributed by atoms with Crippen LogP contribution in [0.5, 0.6) is 0 Å². The van der Waals surface area contributed by atoms with Crippen LogP contribution in [0.4, 0.5) is 0 Å². The Kier molecular flexibility index (Phi) is 2.53. The Labute approximate surface area is 85.1 Å². The molecule has 0 unspecified atom stereocenters. The average molecular weight is 188 g/mol. The molecule has 1 aromatic carbocycles. The van der Waals surface area contributed by atoms with Crippen molar-refractivity contribution in [2.45, 2.75) is 32.4 Å². The van der Waals surface area contributed by atoms with Crippen LogP contribution in [0.25, 0.3) is 0 Å². The fourth-order valence-corrected chi connectivity index (χ4v) is 1.69. The lowest BCUT2D eigenvalue weighted by Gasteiger charge is -2.22. The highest BCUT2D eigenvalue weighted by molar-refractivity contribution is 5.77. The summed E-state index contributed by atoms with van der Waals surface area (Å²) in [6.07, 6.45) is 2.51. The highest BCUT2D eigenvalue weighted by Gasteiger charge is 2.29. The maximum Gasteiger partial charge on any atom is 0.0931 e. The van der Waals surface area contributed by atoms with E-state index in [1.54, 1.807) is 0 Å². The molecule has 0 heterocycles. The number of nitrogens with one attached hydrogen (secondary N) is 1. The van der Waals surface area contributed by atoms with Crippen molar-refractivity contribution in [3.8, 4) is 0 Å². The Morgan fingerprint density at radius 2 is 2.00 bits per heavy atom. The van der Waals surface area contributed by atoms with Gasteiger partial charge in [0.1, 0.15) is 0 Å². The van der Waals surface area contributed by atoms with E-state index in [1.807, 2.05) is 13.0 Å². The first kappa shape index (κ1) is 9.25. The molecule has 1 aromatic rings. The number of nitrogens with zero attached hydrogens (tertiary/aromatic N) is 1. The van der Waals surface area contributed by atoms with Gasteiger partial charge in [-0.05, 0) is 25.3 Å². The van der Waals surface area contributed by atoms with Crippen molar-refractivity contribution in [3.05, 3.63) is 35.9 Å². The van der Waals surface area contributed by atoms with E-state index in [1.165, 1.54) is 18.4 Å². The SMILES string of the molecule is CC(=N)N(Cc1ccccc1)C1CC1. The molecule has 2 nitrogen and oxygen atoms in total. The molecule has 74 valence electrons. The van der Waals surface area contributed by atoms with E-state index in [-0.39, 0.29) is 0 Å². The van der Waals surface area contributed by atoms with Gasteiger partial charge in [-0.2, -0.15) is 0 Å². The fourth-order valence-electron chi connectivity index (χ4n) is 1.69. The van der Waals surface area contributed by atoms with Crippen molar-refractivity contribution >= 4 is 5.84 Å². The van der Waals surface area contributed by atoms with E-state index in [2.05, 4.69) is 29.2 Å². The van der Waals surface area contributed by atoms with Crippen LogP contribution in [0.15, 0.2) is 30.3 Å². The normalized spacial score (nSPS) is 15.2. The van der Waals surface area contributed by atoms with Gasteiger partial charge in [0.2, 0.25) is 0 Å². The van der Waals surface area contributed by atoms with Gasteiger partial charge >= 0.3 is 0 Å². The molecule has 0 bridgehead atoms. The summed E-state index contributed by atoms with van der Waals surface area (Å²) in [6.45, 7) is 2.77. The zero-order valence-electron chi connectivity index (χ0n) is 8.53. The van der Waals surface area contributed by atoms with Crippen LogP contribution in [-0.4, -0.2) is 16.8 Å². The summed E-state index contributed by atoms with van der Waals surface area (Å²) in [6, 6.07) is 11.0. The number of amidine groups is 1. The van der Waals surface area contributed by atoms with Crippen molar-refractivity contribution in [1.29, 1.82) is 5.41 Å². The van der Waals surface area contributed by atoms with Crippen molar-refractivity contribution in [2.75, 3.05) is 0 Å². The zero-order valence-corrected chi connectivity index (χ0v) is 8.53. The standard InChI is InChI=1S/C12H16N2/c1-10(13)14(12-7-8-12)9-11-5-3-2-4-6-11/h2-6,12-13H,7-9H2,1H3. The van der Waals surface area contributed by atoms with Crippen LogP contribution in [0.2, 0.25) is 0 Å². The number of hydrogen-bond donors (Lipinski definition) is 1. The largest absolute Gasteiger partial charge is 0.353 e. The second-order valence-corrected chi connectivity index (χ2v) is 3.93. The molecule has 0 aliphatic heterocycles. The van der Waals surface area contributed by atoms with E-state index in [0.29, 0.717) is 11.9 Å². The first-order chi connectivity index (χ1) is 6.77. The van der Waals surface area contributed by atoms with Crippen molar-refractivity contribution in [3.63, 3.8) is 0 Å². The van der Waals surface area contributed by atoms with Gasteiger partial charge in [0, 0.05) is 12.6 Å². The highest BCUT2D eigenvalue weighted by atomic mass is 15.2. The van der Waals surface area contributed by atoms with E-state index >= 15 is 0 Å². The van der Waals surface area contributed by atoms with Crippen LogP contribution in [0, 0.1) is 5.41 Å². The molecule has 0 radical (unpaired) electrons. The number of rotatable bonds is 3. The third-order valence-corrected chi connectivity index (χ3v) is 2.61. The van der Waals surface area contributed by atoms with E-state index < -0.39 is 0 Å². The van der Waals surface area contributed by atoms with Crippen molar-refractivity contribution < 1.29 is 0 Å². The lowest BCUT2D eigenvalue weighted by molar-refractivity contribution is 0.398. The first-order valence-electron chi connectivity index (χ1n) is 5.13. The second-order valence-electron chi connectivity index (χ2n) is 3.93. The van der Waals surface area contributed by atoms with Crippen LogP contribution in [-0.2, 0) is 6.54 Å². The Balaban J connectivity index is 2.04. The predicted molar refractivity (Wildman–Crippen MR) is 58.4 cm³/mol. The lowest BCUT2D eigenvalue weighted by atomic mass is 10.2. The Bertz CT molecular complexity index is 314. The molecular weight excluding hydrogens is 172 g/mol. The van der Waals surface area contributed by atoms with Crippen LogP contribution in [0.3, 0.4) is 0 Å². The van der Waals surface area contributed by atoms with E-state index in [4.69, 9.17) is 5.41 Å². The lowest BCUT2D eigenvalue weighted by Crippen LogP contribution is -2.29. The molecule has 1 aliphatic rings. The van der Waals surface area contributed by atoms with Gasteiger partial charge in [0.15, 0.2) is 0 Å². The molecule has 14 heavy (non-hydrogen) atoms. The number of benzene rings is 1. The van der Waals surface area contributed by atoms with Gasteiger partial charge < -0.3 is 4.90 Å². The smallest absolute Gasteiger partial charge is 0.0931 e. The molecule has 0 spiro atoms. The maximum absolute atomic E-state index is 7.70. The van der Waals surface area contributed by atoms with Gasteiger partial charge in [-0.3, -0.25) is 5.41 Å². The van der Waals surface area contributed by atoms with Crippen molar-refractivity contribution in [1.82, 2.24) is 4.90 Å². The summed E-state index contributed by atoms with van der Waals surface area (Å²) in [7, 11) is 0. The molecule has 0 aromatic heterocycles. The summed E-state index contributed by atoms with van der Waals surface area (Å²) >= 11 is 0. The highest BCUT2D eigenvalue weighted by Crippen LogP contribution is 2.28. The third-order valence-electron chi connectivity index (χ3n) is 2.61. The molecular formula is C12H16N2. The minimum Gasteiger partial charge on any atom is -0.353 e. The van der Waals surface area contributed by atoms with Gasteiger partial charge in [-0.25, -0.2) is 0 Å². The summed E-state index contributed by atoms with van der Waals surface area (Å²) in [5, 5.41) is 7.70. The molecule has 0 atom stereocenters. The maximum atomic E-state index is 7.70. The minimum atomic E-state index is 0.632. The molecule has 1 fully saturated rings. The summed E-state index contributed by atoms with van der Waals surface area (Å²) < 4.78 is 0. The minimum absolute atomic E-state index is 0.632. The molecule has 0 saturated heterocycles. The Morgan fingerprint density at radius 1 is 1.36 bits per heavy atom. The van der Waals surface area contributed by atoms with Crippen LogP contribution in [0.1, 0.15) is 25.3 Å². The first-order valence-corrected chi connectivity index (χ1v) is 5.13. The molecule has 1 saturated carbocycles. The molecule has 0 amide bonds. The monoisotopic (exact) mass is 188 g/mol. The fraction of sp³-hybridized carbons (Fsp3) is 0.417. The molecule has 2 heteroatoms. The Hall–Kier alpha value is -1.31. The average Bonchev–Trinajstić information content (AvgIpc) is 2.99. The topological polar surface area (TPSA) is 27.1 Å². The predicted octanol–water partition coefficient (Wildman–Crippen LogP) is 2.65. The van der Waals surface area contributed by atoms with E-state index in [0.717, 1.165) is 6.54 Å². The van der Waals surface area contributed by atoms with Crippen molar-refractivity contribution in [2.24, 2.45) is 0 Å². The second kappa shape index (κ2) is 3.82. The van der Waals surface area contributed by atoms with Gasteiger partial charge in [-0.1, -0.05) is 30.3 Å². The molecule has 1 N–H and O–H groups in total. The quantitative estimate of drug-likeness (QED) is 0.573.